The molecule has 1 aromatic carbocycles. The van der Waals surface area contributed by atoms with Gasteiger partial charge in [-0.3, -0.25) is 13.9 Å². The lowest BCUT2D eigenvalue weighted by atomic mass is 10.3. The number of rotatable bonds is 14. The van der Waals surface area contributed by atoms with Crippen molar-refractivity contribution in [3.8, 4) is 5.75 Å². The quantitative estimate of drug-likeness (QED) is 0.181. The van der Waals surface area contributed by atoms with Crippen molar-refractivity contribution in [1.82, 2.24) is 14.6 Å². The number of para-hydroxylation sites is 1. The van der Waals surface area contributed by atoms with Crippen LogP contribution in [0.15, 0.2) is 47.4 Å². The maximum Gasteiger partial charge on any atom is 0.459 e. The summed E-state index contributed by atoms with van der Waals surface area (Å²) in [6.07, 6.45) is -1.18. The summed E-state index contributed by atoms with van der Waals surface area (Å²) < 4.78 is 36.7. The van der Waals surface area contributed by atoms with Crippen LogP contribution in [0.1, 0.15) is 33.9 Å². The maximum absolute atomic E-state index is 13.6. The zero-order chi connectivity index (χ0) is 26.9. The molecular formula is C22H32ClN4O8P. The average molecular weight is 547 g/mol. The van der Waals surface area contributed by atoms with Gasteiger partial charge in [0.15, 0.2) is 6.23 Å². The van der Waals surface area contributed by atoms with Crippen molar-refractivity contribution in [2.45, 2.75) is 57.5 Å². The van der Waals surface area contributed by atoms with Crippen molar-refractivity contribution in [3.63, 3.8) is 0 Å². The SMILES string of the molecule is CC(C)OC(=O)[C@@H](C)NP(=O)(OC[C@H](CO)O[C@H](C(C)Cl)n1ccc(N)nc1=O)Oc1ccccc1. The Morgan fingerprint density at radius 3 is 2.44 bits per heavy atom. The number of carbonyl (C=O) groups is 1. The number of nitrogens with one attached hydrogen (secondary N) is 1. The van der Waals surface area contributed by atoms with E-state index in [2.05, 4.69) is 10.1 Å². The van der Waals surface area contributed by atoms with Crippen LogP contribution in [0.25, 0.3) is 0 Å². The molecule has 0 aliphatic heterocycles. The molecule has 200 valence electrons. The molecular weight excluding hydrogens is 515 g/mol. The van der Waals surface area contributed by atoms with Crippen molar-refractivity contribution < 1.29 is 33.0 Å². The summed E-state index contributed by atoms with van der Waals surface area (Å²) >= 11 is 6.22. The second-order valence-corrected chi connectivity index (χ2v) is 10.5. The second kappa shape index (κ2) is 13.7. The van der Waals surface area contributed by atoms with E-state index in [0.29, 0.717) is 0 Å². The zero-order valence-corrected chi connectivity index (χ0v) is 22.1. The van der Waals surface area contributed by atoms with Crippen molar-refractivity contribution in [2.75, 3.05) is 18.9 Å². The minimum Gasteiger partial charge on any atom is -0.462 e. The fourth-order valence-corrected chi connectivity index (χ4v) is 4.56. The van der Waals surface area contributed by atoms with E-state index in [0.717, 1.165) is 4.57 Å². The Labute approximate surface area is 214 Å². The van der Waals surface area contributed by atoms with Gasteiger partial charge in [0, 0.05) is 6.20 Å². The van der Waals surface area contributed by atoms with Gasteiger partial charge in [-0.05, 0) is 45.9 Å². The average Bonchev–Trinajstić information content (AvgIpc) is 2.80. The Bertz CT molecular complexity index is 1090. The van der Waals surface area contributed by atoms with Gasteiger partial charge in [-0.15, -0.1) is 11.6 Å². The Kier molecular flexibility index (Phi) is 11.4. The lowest BCUT2D eigenvalue weighted by Crippen LogP contribution is -2.39. The van der Waals surface area contributed by atoms with E-state index in [1.807, 2.05) is 0 Å². The van der Waals surface area contributed by atoms with Crippen LogP contribution in [-0.2, 0) is 23.4 Å². The van der Waals surface area contributed by atoms with Crippen LogP contribution in [0.2, 0.25) is 0 Å². The highest BCUT2D eigenvalue weighted by molar-refractivity contribution is 7.52. The summed E-state index contributed by atoms with van der Waals surface area (Å²) in [7, 11) is -4.19. The van der Waals surface area contributed by atoms with Gasteiger partial charge in [-0.1, -0.05) is 18.2 Å². The molecule has 5 atom stereocenters. The molecule has 1 heterocycles. The Morgan fingerprint density at radius 2 is 1.89 bits per heavy atom. The minimum atomic E-state index is -4.19. The summed E-state index contributed by atoms with van der Waals surface area (Å²) in [6.45, 7) is 5.36. The third-order valence-electron chi connectivity index (χ3n) is 4.51. The molecule has 0 saturated heterocycles. The number of alkyl halides is 1. The fraction of sp³-hybridized carbons (Fsp3) is 0.500. The molecule has 1 aromatic heterocycles. The molecule has 0 spiro atoms. The van der Waals surface area contributed by atoms with Crippen LogP contribution in [0, 0.1) is 0 Å². The molecule has 2 rings (SSSR count). The molecule has 0 aliphatic rings. The van der Waals surface area contributed by atoms with Crippen molar-refractivity contribution >= 4 is 31.1 Å². The number of nitrogen functional groups attached to an aromatic ring is 1. The van der Waals surface area contributed by atoms with Gasteiger partial charge in [0.2, 0.25) is 0 Å². The monoisotopic (exact) mass is 546 g/mol. The Morgan fingerprint density at radius 1 is 1.22 bits per heavy atom. The van der Waals surface area contributed by atoms with Gasteiger partial charge in [0.1, 0.15) is 23.7 Å². The van der Waals surface area contributed by atoms with Gasteiger partial charge in [-0.25, -0.2) is 9.36 Å². The third kappa shape index (κ3) is 9.20. The standard InChI is InChI=1S/C22H32ClN4O8P/c1-14(2)33-21(29)16(4)26-36(31,35-17-8-6-5-7-9-17)32-13-18(12-28)34-20(15(3)23)27-11-10-19(24)25-22(27)30/h5-11,14-16,18,20,28H,12-13H2,1-4H3,(H,26,31)(H2,24,25,30)/t15?,16-,18+,20-,36?/m1/s1. The molecule has 12 nitrogen and oxygen atoms in total. The number of carbonyl (C=O) groups excluding carboxylic acids is 1. The number of ether oxygens (including phenoxy) is 2. The first-order valence-electron chi connectivity index (χ1n) is 11.2. The van der Waals surface area contributed by atoms with E-state index in [9.17, 15) is 19.3 Å². The second-order valence-electron chi connectivity index (χ2n) is 8.09. The molecule has 0 radical (unpaired) electrons. The van der Waals surface area contributed by atoms with E-state index in [4.69, 9.17) is 35.9 Å². The van der Waals surface area contributed by atoms with Crippen LogP contribution in [0.5, 0.6) is 5.75 Å². The van der Waals surface area contributed by atoms with E-state index in [1.54, 1.807) is 51.1 Å². The van der Waals surface area contributed by atoms with E-state index < -0.39 is 56.4 Å². The smallest absolute Gasteiger partial charge is 0.459 e. The summed E-state index contributed by atoms with van der Waals surface area (Å²) in [4.78, 5) is 28.2. The lowest BCUT2D eigenvalue weighted by Gasteiger charge is -2.28. The molecule has 0 aliphatic carbocycles. The number of nitrogens with zero attached hydrogens (tertiary/aromatic N) is 2. The molecule has 0 amide bonds. The number of anilines is 1. The molecule has 2 aromatic rings. The number of aliphatic hydroxyl groups excluding tert-OH is 1. The third-order valence-corrected chi connectivity index (χ3v) is 6.37. The largest absolute Gasteiger partial charge is 0.462 e. The summed E-state index contributed by atoms with van der Waals surface area (Å²) in [5.74, 6) is -0.424. The van der Waals surface area contributed by atoms with Gasteiger partial charge >= 0.3 is 19.4 Å². The molecule has 36 heavy (non-hydrogen) atoms. The summed E-state index contributed by atoms with van der Waals surface area (Å²) in [5.41, 5.74) is 4.83. The summed E-state index contributed by atoms with van der Waals surface area (Å²) in [5, 5.41) is 11.7. The fourth-order valence-electron chi connectivity index (χ4n) is 2.86. The minimum absolute atomic E-state index is 0.0226. The van der Waals surface area contributed by atoms with E-state index in [-0.39, 0.29) is 17.7 Å². The molecule has 4 N–H and O–H groups in total. The predicted molar refractivity (Wildman–Crippen MR) is 134 cm³/mol. The Balaban J connectivity index is 2.20. The number of esters is 1. The van der Waals surface area contributed by atoms with Crippen LogP contribution in [0.3, 0.4) is 0 Å². The van der Waals surface area contributed by atoms with Crippen LogP contribution < -0.4 is 21.0 Å². The number of hydrogen-bond acceptors (Lipinski definition) is 10. The van der Waals surface area contributed by atoms with E-state index in [1.165, 1.54) is 19.2 Å². The normalized spacial score (nSPS) is 16.5. The van der Waals surface area contributed by atoms with Gasteiger partial charge in [-0.2, -0.15) is 10.1 Å². The molecule has 0 fully saturated rings. The topological polar surface area (TPSA) is 164 Å². The highest BCUT2D eigenvalue weighted by atomic mass is 35.5. The van der Waals surface area contributed by atoms with Gasteiger partial charge in [0.05, 0.1) is 24.7 Å². The number of benzene rings is 1. The first-order chi connectivity index (χ1) is 16.9. The molecule has 0 saturated carbocycles. The first kappa shape index (κ1) is 29.8. The lowest BCUT2D eigenvalue weighted by molar-refractivity contribution is -0.149. The van der Waals surface area contributed by atoms with Crippen molar-refractivity contribution in [2.24, 2.45) is 0 Å². The highest BCUT2D eigenvalue weighted by Crippen LogP contribution is 2.45. The number of hydrogen-bond donors (Lipinski definition) is 3. The van der Waals surface area contributed by atoms with E-state index >= 15 is 0 Å². The van der Waals surface area contributed by atoms with Crippen LogP contribution >= 0.6 is 19.3 Å². The van der Waals surface area contributed by atoms with Crippen molar-refractivity contribution in [1.29, 1.82) is 0 Å². The predicted octanol–water partition coefficient (Wildman–Crippen LogP) is 2.46. The van der Waals surface area contributed by atoms with Crippen molar-refractivity contribution in [3.05, 3.63) is 53.1 Å². The summed E-state index contributed by atoms with van der Waals surface area (Å²) in [6, 6.07) is 8.53. The maximum atomic E-state index is 13.6. The number of aromatic nitrogens is 2. The van der Waals surface area contributed by atoms with Gasteiger partial charge in [0.25, 0.3) is 0 Å². The first-order valence-corrected chi connectivity index (χ1v) is 13.1. The molecule has 0 bridgehead atoms. The zero-order valence-electron chi connectivity index (χ0n) is 20.4. The number of halogens is 1. The van der Waals surface area contributed by atoms with Crippen LogP contribution in [0.4, 0.5) is 5.82 Å². The number of nitrogens with two attached hydrogens (primary N) is 1. The number of aliphatic hydroxyl groups is 1. The van der Waals surface area contributed by atoms with Gasteiger partial charge < -0.3 is 24.8 Å². The highest BCUT2D eigenvalue weighted by Gasteiger charge is 2.34. The van der Waals surface area contributed by atoms with Crippen LogP contribution in [-0.4, -0.2) is 57.5 Å². The Hall–Kier alpha value is -2.47. The molecule has 14 heteroatoms. The molecule has 2 unspecified atom stereocenters.